The summed E-state index contributed by atoms with van der Waals surface area (Å²) in [5.41, 5.74) is 2.14. The van der Waals surface area contributed by atoms with Crippen LogP contribution in [0.4, 0.5) is 5.69 Å². The minimum Gasteiger partial charge on any atom is -0.384 e. The molecule has 19 heavy (non-hydrogen) atoms. The van der Waals surface area contributed by atoms with Gasteiger partial charge in [0.2, 0.25) is 10.0 Å². The molecule has 5 heteroatoms. The van der Waals surface area contributed by atoms with Crippen molar-refractivity contribution < 1.29 is 8.42 Å². The highest BCUT2D eigenvalue weighted by Gasteiger charge is 2.19. The minimum absolute atomic E-state index is 0.0173. The maximum atomic E-state index is 12.3. The Morgan fingerprint density at radius 3 is 2.95 bits per heavy atom. The molecule has 1 heterocycles. The number of fused-ring (bicyclic) bond motifs is 1. The van der Waals surface area contributed by atoms with E-state index < -0.39 is 10.0 Å². The van der Waals surface area contributed by atoms with Crippen molar-refractivity contribution in [3.8, 4) is 0 Å². The summed E-state index contributed by atoms with van der Waals surface area (Å²) < 4.78 is 27.3. The van der Waals surface area contributed by atoms with E-state index in [1.807, 2.05) is 13.0 Å². The maximum Gasteiger partial charge on any atom is 0.240 e. The van der Waals surface area contributed by atoms with Gasteiger partial charge in [-0.2, -0.15) is 0 Å². The van der Waals surface area contributed by atoms with E-state index in [1.165, 1.54) is 0 Å². The second-order valence-corrected chi connectivity index (χ2v) is 6.87. The van der Waals surface area contributed by atoms with Gasteiger partial charge in [0.15, 0.2) is 0 Å². The highest BCUT2D eigenvalue weighted by Crippen LogP contribution is 2.25. The van der Waals surface area contributed by atoms with Crippen molar-refractivity contribution >= 4 is 15.7 Å². The van der Waals surface area contributed by atoms with Crippen LogP contribution in [0.5, 0.6) is 0 Å². The Hall–Kier alpha value is -1.07. The Morgan fingerprint density at radius 1 is 1.42 bits per heavy atom. The van der Waals surface area contributed by atoms with Crippen LogP contribution in [0.15, 0.2) is 23.1 Å². The first-order chi connectivity index (χ1) is 9.03. The van der Waals surface area contributed by atoms with Crippen LogP contribution in [-0.2, 0) is 16.4 Å². The average Bonchev–Trinajstić information content (AvgIpc) is 2.82. The lowest BCUT2D eigenvalue weighted by atomic mass is 10.2. The van der Waals surface area contributed by atoms with Crippen LogP contribution < -0.4 is 10.0 Å². The molecule has 2 rings (SSSR count). The molecule has 0 aliphatic carbocycles. The number of anilines is 1. The minimum atomic E-state index is -3.39. The van der Waals surface area contributed by atoms with Crippen LogP contribution in [0, 0.1) is 0 Å². The third-order valence-electron chi connectivity index (χ3n) is 3.44. The van der Waals surface area contributed by atoms with Crippen LogP contribution in [-0.4, -0.2) is 21.0 Å². The van der Waals surface area contributed by atoms with Crippen LogP contribution in [0.1, 0.15) is 38.7 Å². The van der Waals surface area contributed by atoms with Crippen molar-refractivity contribution in [1.29, 1.82) is 0 Å². The predicted molar refractivity (Wildman–Crippen MR) is 77.9 cm³/mol. The molecule has 0 spiro atoms. The number of rotatable bonds is 6. The molecule has 1 unspecified atom stereocenters. The van der Waals surface area contributed by atoms with Gasteiger partial charge in [0.1, 0.15) is 0 Å². The highest BCUT2D eigenvalue weighted by molar-refractivity contribution is 7.89. The normalized spacial score (nSPS) is 15.9. The summed E-state index contributed by atoms with van der Waals surface area (Å²) in [4.78, 5) is 0.373. The van der Waals surface area contributed by atoms with E-state index in [4.69, 9.17) is 0 Å². The van der Waals surface area contributed by atoms with E-state index >= 15 is 0 Å². The predicted octanol–water partition coefficient (Wildman–Crippen LogP) is 2.51. The third kappa shape index (κ3) is 3.48. The van der Waals surface area contributed by atoms with Crippen molar-refractivity contribution in [2.75, 3.05) is 11.9 Å². The van der Waals surface area contributed by atoms with Gasteiger partial charge >= 0.3 is 0 Å². The molecule has 1 aliphatic rings. The zero-order valence-corrected chi connectivity index (χ0v) is 12.4. The van der Waals surface area contributed by atoms with E-state index in [-0.39, 0.29) is 6.04 Å². The summed E-state index contributed by atoms with van der Waals surface area (Å²) in [6.07, 6.45) is 3.89. The number of benzene rings is 1. The van der Waals surface area contributed by atoms with Crippen LogP contribution in [0.2, 0.25) is 0 Å². The molecule has 106 valence electrons. The quantitative estimate of drug-likeness (QED) is 0.843. The molecule has 1 aliphatic heterocycles. The van der Waals surface area contributed by atoms with Crippen molar-refractivity contribution in [3.05, 3.63) is 23.8 Å². The van der Waals surface area contributed by atoms with E-state index in [0.29, 0.717) is 4.90 Å². The molecule has 0 saturated carbocycles. The van der Waals surface area contributed by atoms with Gasteiger partial charge in [0.25, 0.3) is 0 Å². The molecule has 2 N–H and O–H groups in total. The van der Waals surface area contributed by atoms with E-state index in [2.05, 4.69) is 17.0 Å². The Morgan fingerprint density at radius 2 is 2.21 bits per heavy atom. The molecule has 0 fully saturated rings. The second-order valence-electron chi connectivity index (χ2n) is 5.16. The zero-order chi connectivity index (χ0) is 13.9. The van der Waals surface area contributed by atoms with Crippen LogP contribution in [0.3, 0.4) is 0 Å². The smallest absolute Gasteiger partial charge is 0.240 e. The van der Waals surface area contributed by atoms with Gasteiger partial charge in [0.05, 0.1) is 4.90 Å². The Labute approximate surface area is 115 Å². The SMILES string of the molecule is CCCCC(C)NS(=O)(=O)c1ccc2c(c1)CCN2. The zero-order valence-electron chi connectivity index (χ0n) is 11.6. The summed E-state index contributed by atoms with van der Waals surface area (Å²) in [6.45, 7) is 4.91. The maximum absolute atomic E-state index is 12.3. The van der Waals surface area contributed by atoms with Gasteiger partial charge in [-0.05, 0) is 43.5 Å². The first kappa shape index (κ1) is 14.3. The summed E-state index contributed by atoms with van der Waals surface area (Å²) in [5.74, 6) is 0. The molecule has 0 saturated heterocycles. The van der Waals surface area contributed by atoms with Crippen molar-refractivity contribution in [2.45, 2.75) is 50.5 Å². The summed E-state index contributed by atoms with van der Waals surface area (Å²) in [6, 6.07) is 5.29. The summed E-state index contributed by atoms with van der Waals surface area (Å²) >= 11 is 0. The standard InChI is InChI=1S/C14H22N2O2S/c1-3-4-5-11(2)16-19(17,18)13-6-7-14-12(10-13)8-9-15-14/h6-7,10-11,15-16H,3-5,8-9H2,1-2H3. The fraction of sp³-hybridized carbons (Fsp3) is 0.571. The molecule has 0 bridgehead atoms. The fourth-order valence-corrected chi connectivity index (χ4v) is 3.68. The molecule has 0 radical (unpaired) electrons. The third-order valence-corrected chi connectivity index (χ3v) is 5.03. The van der Waals surface area contributed by atoms with Gasteiger partial charge in [0, 0.05) is 18.3 Å². The lowest BCUT2D eigenvalue weighted by molar-refractivity contribution is 0.534. The van der Waals surface area contributed by atoms with Crippen molar-refractivity contribution in [3.63, 3.8) is 0 Å². The average molecular weight is 282 g/mol. The van der Waals surface area contributed by atoms with Crippen LogP contribution >= 0.6 is 0 Å². The number of nitrogens with one attached hydrogen (secondary N) is 2. The van der Waals surface area contributed by atoms with Gasteiger partial charge in [-0.3, -0.25) is 0 Å². The van der Waals surface area contributed by atoms with E-state index in [9.17, 15) is 8.42 Å². The largest absolute Gasteiger partial charge is 0.384 e. The second kappa shape index (κ2) is 5.92. The van der Waals surface area contributed by atoms with Gasteiger partial charge < -0.3 is 5.32 Å². The van der Waals surface area contributed by atoms with Gasteiger partial charge in [-0.15, -0.1) is 0 Å². The fourth-order valence-electron chi connectivity index (χ4n) is 2.35. The molecule has 4 nitrogen and oxygen atoms in total. The van der Waals surface area contributed by atoms with Gasteiger partial charge in [-0.1, -0.05) is 19.8 Å². The molecule has 1 atom stereocenters. The molecule has 0 aromatic heterocycles. The number of hydrogen-bond donors (Lipinski definition) is 2. The monoisotopic (exact) mass is 282 g/mol. The number of hydrogen-bond acceptors (Lipinski definition) is 3. The lowest BCUT2D eigenvalue weighted by Gasteiger charge is -2.14. The van der Waals surface area contributed by atoms with Crippen LogP contribution in [0.25, 0.3) is 0 Å². The Kier molecular flexibility index (Phi) is 4.47. The number of unbranched alkanes of at least 4 members (excludes halogenated alkanes) is 1. The Balaban J connectivity index is 2.11. The number of sulfonamides is 1. The molecule has 1 aromatic carbocycles. The van der Waals surface area contributed by atoms with E-state index in [1.54, 1.807) is 12.1 Å². The summed E-state index contributed by atoms with van der Waals surface area (Å²) in [5, 5.41) is 3.23. The first-order valence-corrected chi connectivity index (χ1v) is 8.40. The van der Waals surface area contributed by atoms with Gasteiger partial charge in [-0.25, -0.2) is 13.1 Å². The summed E-state index contributed by atoms with van der Waals surface area (Å²) in [7, 11) is -3.39. The highest BCUT2D eigenvalue weighted by atomic mass is 32.2. The lowest BCUT2D eigenvalue weighted by Crippen LogP contribution is -2.32. The molecular formula is C14H22N2O2S. The first-order valence-electron chi connectivity index (χ1n) is 6.92. The van der Waals surface area contributed by atoms with E-state index in [0.717, 1.165) is 43.5 Å². The molecular weight excluding hydrogens is 260 g/mol. The topological polar surface area (TPSA) is 58.2 Å². The molecule has 1 aromatic rings. The van der Waals surface area contributed by atoms with Crippen molar-refractivity contribution in [1.82, 2.24) is 4.72 Å². The Bertz CT molecular complexity index is 540. The molecule has 0 amide bonds. The van der Waals surface area contributed by atoms with Crippen molar-refractivity contribution in [2.24, 2.45) is 0 Å².